The minimum absolute atomic E-state index is 0.0319. The lowest BCUT2D eigenvalue weighted by atomic mass is 9.86. The summed E-state index contributed by atoms with van der Waals surface area (Å²) in [5, 5.41) is 6.69. The number of nitrogens with one attached hydrogen (secondary N) is 2. The minimum atomic E-state index is 0.0319. The molecular weight excluding hydrogens is 340 g/mol. The van der Waals surface area contributed by atoms with E-state index in [2.05, 4.69) is 59.6 Å². The van der Waals surface area contributed by atoms with Gasteiger partial charge in [0.15, 0.2) is 11.5 Å². The summed E-state index contributed by atoms with van der Waals surface area (Å²) in [5.74, 6) is 2.90. The quantitative estimate of drug-likeness (QED) is 0.681. The first-order valence-corrected chi connectivity index (χ1v) is 8.84. The molecule has 6 heteroatoms. The molecule has 138 valence electrons. The van der Waals surface area contributed by atoms with Crippen molar-refractivity contribution in [3.8, 4) is 11.5 Å². The molecule has 27 heavy (non-hydrogen) atoms. The second kappa shape index (κ2) is 6.79. The predicted molar refractivity (Wildman–Crippen MR) is 106 cm³/mol. The van der Waals surface area contributed by atoms with Crippen LogP contribution in [-0.4, -0.2) is 16.8 Å². The standard InChI is InChI=1S/C21H22N4O2/c1-21(2,3)15-6-4-5-7-16(15)25-20-11-19(22-12-23-20)24-14-8-9-17-18(10-14)27-13-26-17/h4-12H,13H2,1-3H3,(H2,22,23,24,25). The summed E-state index contributed by atoms with van der Waals surface area (Å²) in [4.78, 5) is 8.66. The average molecular weight is 362 g/mol. The van der Waals surface area contributed by atoms with Crippen LogP contribution in [-0.2, 0) is 5.41 Å². The van der Waals surface area contributed by atoms with Crippen LogP contribution >= 0.6 is 0 Å². The maximum absolute atomic E-state index is 5.42. The molecule has 0 aliphatic carbocycles. The molecule has 2 aromatic carbocycles. The third-order valence-electron chi connectivity index (χ3n) is 4.31. The Morgan fingerprint density at radius 2 is 1.59 bits per heavy atom. The van der Waals surface area contributed by atoms with Crippen LogP contribution in [0.4, 0.5) is 23.0 Å². The van der Waals surface area contributed by atoms with Crippen molar-refractivity contribution < 1.29 is 9.47 Å². The van der Waals surface area contributed by atoms with Crippen molar-refractivity contribution in [2.75, 3.05) is 17.4 Å². The zero-order chi connectivity index (χ0) is 18.9. The van der Waals surface area contributed by atoms with Gasteiger partial charge < -0.3 is 20.1 Å². The van der Waals surface area contributed by atoms with Crippen LogP contribution in [0.2, 0.25) is 0 Å². The van der Waals surface area contributed by atoms with Crippen molar-refractivity contribution in [2.24, 2.45) is 0 Å². The highest BCUT2D eigenvalue weighted by molar-refractivity contribution is 5.67. The Labute approximate surface area is 158 Å². The Balaban J connectivity index is 1.55. The number of aromatic nitrogens is 2. The summed E-state index contributed by atoms with van der Waals surface area (Å²) < 4.78 is 10.8. The first-order chi connectivity index (χ1) is 13.0. The van der Waals surface area contributed by atoms with Gasteiger partial charge in [-0.1, -0.05) is 39.0 Å². The van der Waals surface area contributed by atoms with E-state index < -0.39 is 0 Å². The van der Waals surface area contributed by atoms with Crippen LogP contribution in [0.15, 0.2) is 54.9 Å². The summed E-state index contributed by atoms with van der Waals surface area (Å²) in [7, 11) is 0. The Hall–Kier alpha value is -3.28. The van der Waals surface area contributed by atoms with Gasteiger partial charge in [-0.2, -0.15) is 0 Å². The lowest BCUT2D eigenvalue weighted by molar-refractivity contribution is 0.174. The van der Waals surface area contributed by atoms with Crippen LogP contribution in [0.1, 0.15) is 26.3 Å². The van der Waals surface area contributed by atoms with E-state index in [1.807, 2.05) is 30.3 Å². The third kappa shape index (κ3) is 3.79. The van der Waals surface area contributed by atoms with E-state index in [0.717, 1.165) is 28.7 Å². The van der Waals surface area contributed by atoms with E-state index in [9.17, 15) is 0 Å². The molecular formula is C21H22N4O2. The highest BCUT2D eigenvalue weighted by Crippen LogP contribution is 2.35. The lowest BCUT2D eigenvalue weighted by Crippen LogP contribution is -2.13. The predicted octanol–water partition coefficient (Wildman–Crippen LogP) is 4.99. The number of benzene rings is 2. The van der Waals surface area contributed by atoms with E-state index in [4.69, 9.17) is 9.47 Å². The van der Waals surface area contributed by atoms with E-state index in [0.29, 0.717) is 5.82 Å². The SMILES string of the molecule is CC(C)(C)c1ccccc1Nc1cc(Nc2ccc3c(c2)OCO3)ncn1. The molecule has 2 heterocycles. The molecule has 3 aromatic rings. The van der Waals surface area contributed by atoms with E-state index in [1.165, 1.54) is 11.9 Å². The largest absolute Gasteiger partial charge is 0.454 e. The highest BCUT2D eigenvalue weighted by Gasteiger charge is 2.18. The summed E-state index contributed by atoms with van der Waals surface area (Å²) >= 11 is 0. The number of nitrogens with zero attached hydrogens (tertiary/aromatic N) is 2. The molecule has 2 N–H and O–H groups in total. The monoisotopic (exact) mass is 362 g/mol. The van der Waals surface area contributed by atoms with Crippen molar-refractivity contribution in [2.45, 2.75) is 26.2 Å². The van der Waals surface area contributed by atoms with E-state index in [1.54, 1.807) is 0 Å². The van der Waals surface area contributed by atoms with Gasteiger partial charge >= 0.3 is 0 Å². The molecule has 0 fully saturated rings. The van der Waals surface area contributed by atoms with Gasteiger partial charge in [0.05, 0.1) is 0 Å². The number of anilines is 4. The summed E-state index contributed by atoms with van der Waals surface area (Å²) in [6.07, 6.45) is 1.54. The second-order valence-corrected chi connectivity index (χ2v) is 7.40. The van der Waals surface area contributed by atoms with E-state index in [-0.39, 0.29) is 12.2 Å². The maximum Gasteiger partial charge on any atom is 0.231 e. The number of rotatable bonds is 4. The number of ether oxygens (including phenoxy) is 2. The fraction of sp³-hybridized carbons (Fsp3) is 0.238. The second-order valence-electron chi connectivity index (χ2n) is 7.40. The summed E-state index contributed by atoms with van der Waals surface area (Å²) in [5.41, 5.74) is 3.18. The van der Waals surface area contributed by atoms with Crippen molar-refractivity contribution >= 4 is 23.0 Å². The first-order valence-electron chi connectivity index (χ1n) is 8.84. The van der Waals surface area contributed by atoms with Gasteiger partial charge in [-0.15, -0.1) is 0 Å². The third-order valence-corrected chi connectivity index (χ3v) is 4.31. The smallest absolute Gasteiger partial charge is 0.231 e. The lowest BCUT2D eigenvalue weighted by Gasteiger charge is -2.23. The van der Waals surface area contributed by atoms with Gasteiger partial charge in [0.2, 0.25) is 6.79 Å². The fourth-order valence-electron chi connectivity index (χ4n) is 3.00. The van der Waals surface area contributed by atoms with Crippen LogP contribution in [0.5, 0.6) is 11.5 Å². The molecule has 0 bridgehead atoms. The Morgan fingerprint density at radius 3 is 2.41 bits per heavy atom. The highest BCUT2D eigenvalue weighted by atomic mass is 16.7. The van der Waals surface area contributed by atoms with Crippen molar-refractivity contribution in [3.05, 3.63) is 60.4 Å². The molecule has 1 aliphatic rings. The van der Waals surface area contributed by atoms with Gasteiger partial charge in [-0.05, 0) is 29.2 Å². The molecule has 0 spiro atoms. The minimum Gasteiger partial charge on any atom is -0.454 e. The van der Waals surface area contributed by atoms with Gasteiger partial charge in [0.1, 0.15) is 18.0 Å². The Morgan fingerprint density at radius 1 is 0.852 bits per heavy atom. The molecule has 1 aliphatic heterocycles. The first kappa shape index (κ1) is 17.1. The number of hydrogen-bond donors (Lipinski definition) is 2. The fourth-order valence-corrected chi connectivity index (χ4v) is 3.00. The zero-order valence-corrected chi connectivity index (χ0v) is 15.6. The summed E-state index contributed by atoms with van der Waals surface area (Å²) in [6.45, 7) is 6.84. The van der Waals surface area contributed by atoms with Gasteiger partial charge in [-0.25, -0.2) is 9.97 Å². The molecule has 0 saturated heterocycles. The number of para-hydroxylation sites is 1. The topological polar surface area (TPSA) is 68.3 Å². The molecule has 0 saturated carbocycles. The van der Waals surface area contributed by atoms with Gasteiger partial charge in [0, 0.05) is 23.5 Å². The molecule has 0 unspecified atom stereocenters. The Bertz CT molecular complexity index is 966. The molecule has 0 amide bonds. The summed E-state index contributed by atoms with van der Waals surface area (Å²) in [6, 6.07) is 15.9. The molecule has 4 rings (SSSR count). The number of fused-ring (bicyclic) bond motifs is 1. The van der Waals surface area contributed by atoms with Crippen molar-refractivity contribution in [3.63, 3.8) is 0 Å². The van der Waals surface area contributed by atoms with Crippen molar-refractivity contribution in [1.82, 2.24) is 9.97 Å². The van der Waals surface area contributed by atoms with Crippen LogP contribution in [0, 0.1) is 0 Å². The van der Waals surface area contributed by atoms with Crippen molar-refractivity contribution in [1.29, 1.82) is 0 Å². The maximum atomic E-state index is 5.42. The van der Waals surface area contributed by atoms with Crippen LogP contribution < -0.4 is 20.1 Å². The average Bonchev–Trinajstić information content (AvgIpc) is 3.09. The zero-order valence-electron chi connectivity index (χ0n) is 15.6. The van der Waals surface area contributed by atoms with Gasteiger partial charge in [-0.3, -0.25) is 0 Å². The Kier molecular flexibility index (Phi) is 4.32. The van der Waals surface area contributed by atoms with Gasteiger partial charge in [0.25, 0.3) is 0 Å². The normalized spacial score (nSPS) is 12.7. The molecule has 6 nitrogen and oxygen atoms in total. The van der Waals surface area contributed by atoms with Crippen LogP contribution in [0.25, 0.3) is 0 Å². The van der Waals surface area contributed by atoms with E-state index >= 15 is 0 Å². The van der Waals surface area contributed by atoms with Crippen LogP contribution in [0.3, 0.4) is 0 Å². The number of hydrogen-bond acceptors (Lipinski definition) is 6. The molecule has 0 atom stereocenters. The molecule has 0 radical (unpaired) electrons. The molecule has 1 aromatic heterocycles.